The molecule has 2 unspecified atom stereocenters. The quantitative estimate of drug-likeness (QED) is 0.838. The predicted octanol–water partition coefficient (Wildman–Crippen LogP) is 1.59. The molecule has 0 saturated heterocycles. The maximum atomic E-state index is 9.06. The third-order valence-electron chi connectivity index (χ3n) is 3.26. The van der Waals surface area contributed by atoms with Crippen molar-refractivity contribution in [1.29, 1.82) is 5.26 Å². The summed E-state index contributed by atoms with van der Waals surface area (Å²) in [5, 5.41) is 16.7. The number of nitriles is 1. The topological polar surface area (TPSA) is 53.6 Å². The molecule has 0 bridgehead atoms. The molecule has 0 aromatic carbocycles. The van der Waals surface area contributed by atoms with Crippen LogP contribution >= 0.6 is 0 Å². The normalized spacial score (nSPS) is 25.2. The fourth-order valence-corrected chi connectivity index (χ4v) is 2.34. The summed E-state index contributed by atoms with van der Waals surface area (Å²) in [6.45, 7) is 0.816. The van der Waals surface area contributed by atoms with Gasteiger partial charge in [0.2, 0.25) is 0 Å². The zero-order valence-electron chi connectivity index (χ0n) is 9.69. The van der Waals surface area contributed by atoms with E-state index in [4.69, 9.17) is 5.26 Å². The summed E-state index contributed by atoms with van der Waals surface area (Å²) in [4.78, 5) is 0. The molecule has 4 heteroatoms. The molecule has 1 aliphatic rings. The Morgan fingerprint density at radius 3 is 3.06 bits per heavy atom. The highest BCUT2D eigenvalue weighted by molar-refractivity contribution is 5.04. The summed E-state index contributed by atoms with van der Waals surface area (Å²) >= 11 is 0. The van der Waals surface area contributed by atoms with Crippen LogP contribution in [0.2, 0.25) is 0 Å². The summed E-state index contributed by atoms with van der Waals surface area (Å²) < 4.78 is 1.81. The fraction of sp³-hybridized carbons (Fsp3) is 0.667. The van der Waals surface area contributed by atoms with Crippen LogP contribution in [0, 0.1) is 17.2 Å². The van der Waals surface area contributed by atoms with Gasteiger partial charge in [-0.1, -0.05) is 12.8 Å². The summed E-state index contributed by atoms with van der Waals surface area (Å²) in [7, 11) is 1.92. The second-order valence-electron chi connectivity index (χ2n) is 4.53. The smallest absolute Gasteiger partial charge is 0.0672 e. The molecule has 1 aliphatic carbocycles. The number of aromatic nitrogens is 2. The minimum Gasteiger partial charge on any atom is -0.308 e. The first kappa shape index (κ1) is 11.2. The lowest BCUT2D eigenvalue weighted by atomic mass is 9.85. The molecule has 0 aliphatic heterocycles. The molecule has 1 N–H and O–H groups in total. The Morgan fingerprint density at radius 1 is 1.56 bits per heavy atom. The Bertz CT molecular complexity index is 377. The molecule has 1 fully saturated rings. The van der Waals surface area contributed by atoms with E-state index in [1.165, 1.54) is 18.4 Å². The number of nitrogens with one attached hydrogen (secondary N) is 1. The molecular weight excluding hydrogens is 200 g/mol. The number of hydrogen-bond acceptors (Lipinski definition) is 3. The average molecular weight is 218 g/mol. The largest absolute Gasteiger partial charge is 0.308 e. The average Bonchev–Trinajstić information content (AvgIpc) is 2.73. The minimum absolute atomic E-state index is 0.186. The van der Waals surface area contributed by atoms with Crippen molar-refractivity contribution in [1.82, 2.24) is 15.1 Å². The zero-order valence-corrected chi connectivity index (χ0v) is 9.69. The van der Waals surface area contributed by atoms with E-state index in [0.29, 0.717) is 6.04 Å². The van der Waals surface area contributed by atoms with E-state index in [-0.39, 0.29) is 5.92 Å². The fourth-order valence-electron chi connectivity index (χ4n) is 2.34. The van der Waals surface area contributed by atoms with E-state index in [9.17, 15) is 0 Å². The second-order valence-corrected chi connectivity index (χ2v) is 4.53. The molecule has 4 nitrogen and oxygen atoms in total. The van der Waals surface area contributed by atoms with Crippen LogP contribution in [0.25, 0.3) is 0 Å². The number of rotatable bonds is 3. The van der Waals surface area contributed by atoms with Crippen molar-refractivity contribution in [2.45, 2.75) is 38.3 Å². The molecule has 86 valence electrons. The second kappa shape index (κ2) is 5.13. The lowest BCUT2D eigenvalue weighted by Gasteiger charge is -2.27. The summed E-state index contributed by atoms with van der Waals surface area (Å²) in [6, 6.07) is 2.77. The molecule has 1 saturated carbocycles. The molecule has 0 spiro atoms. The number of nitrogens with zero attached hydrogens (tertiary/aromatic N) is 3. The Kier molecular flexibility index (Phi) is 3.58. The Labute approximate surface area is 96.3 Å². The van der Waals surface area contributed by atoms with Crippen molar-refractivity contribution in [3.63, 3.8) is 0 Å². The monoisotopic (exact) mass is 218 g/mol. The molecule has 2 rings (SSSR count). The van der Waals surface area contributed by atoms with Crippen LogP contribution in [-0.2, 0) is 13.6 Å². The third-order valence-corrected chi connectivity index (χ3v) is 3.26. The van der Waals surface area contributed by atoms with Gasteiger partial charge in [-0.05, 0) is 12.8 Å². The van der Waals surface area contributed by atoms with E-state index in [1.807, 2.05) is 19.4 Å². The Balaban J connectivity index is 1.87. The van der Waals surface area contributed by atoms with Gasteiger partial charge < -0.3 is 5.32 Å². The minimum atomic E-state index is 0.186. The Hall–Kier alpha value is -1.34. The highest BCUT2D eigenvalue weighted by atomic mass is 15.2. The maximum absolute atomic E-state index is 9.06. The van der Waals surface area contributed by atoms with Crippen molar-refractivity contribution in [3.8, 4) is 6.07 Å². The highest BCUT2D eigenvalue weighted by Gasteiger charge is 2.24. The lowest BCUT2D eigenvalue weighted by molar-refractivity contribution is 0.311. The molecule has 1 heterocycles. The Morgan fingerprint density at radius 2 is 2.38 bits per heavy atom. The van der Waals surface area contributed by atoms with Crippen molar-refractivity contribution in [2.24, 2.45) is 13.0 Å². The first-order chi connectivity index (χ1) is 7.79. The van der Waals surface area contributed by atoms with Gasteiger partial charge in [0.05, 0.1) is 18.2 Å². The van der Waals surface area contributed by atoms with Gasteiger partial charge in [0.1, 0.15) is 0 Å². The van der Waals surface area contributed by atoms with Gasteiger partial charge in [-0.15, -0.1) is 0 Å². The molecule has 16 heavy (non-hydrogen) atoms. The van der Waals surface area contributed by atoms with Gasteiger partial charge in [-0.25, -0.2) is 0 Å². The van der Waals surface area contributed by atoms with E-state index < -0.39 is 0 Å². The van der Waals surface area contributed by atoms with Crippen molar-refractivity contribution < 1.29 is 0 Å². The van der Waals surface area contributed by atoms with Gasteiger partial charge in [-0.3, -0.25) is 4.68 Å². The van der Waals surface area contributed by atoms with Crippen molar-refractivity contribution >= 4 is 0 Å². The van der Waals surface area contributed by atoms with E-state index in [0.717, 1.165) is 19.4 Å². The highest BCUT2D eigenvalue weighted by Crippen LogP contribution is 2.23. The first-order valence-electron chi connectivity index (χ1n) is 5.90. The molecule has 1 aromatic heterocycles. The van der Waals surface area contributed by atoms with E-state index in [2.05, 4.69) is 16.5 Å². The molecular formula is C12H18N4. The summed E-state index contributed by atoms with van der Waals surface area (Å²) in [6.07, 6.45) is 8.49. The van der Waals surface area contributed by atoms with E-state index >= 15 is 0 Å². The standard InChI is InChI=1S/C12H18N4/c1-16-9-10(8-15-16)7-14-12-5-3-2-4-11(12)6-13/h8-9,11-12,14H,2-5,7H2,1H3. The van der Waals surface area contributed by atoms with Gasteiger partial charge in [0.15, 0.2) is 0 Å². The van der Waals surface area contributed by atoms with Crippen LogP contribution in [0.1, 0.15) is 31.2 Å². The SMILES string of the molecule is Cn1cc(CNC2CCCCC2C#N)cn1. The van der Waals surface area contributed by atoms with Crippen LogP contribution in [-0.4, -0.2) is 15.8 Å². The number of hydrogen-bond donors (Lipinski definition) is 1. The zero-order chi connectivity index (χ0) is 11.4. The lowest BCUT2D eigenvalue weighted by Crippen LogP contribution is -2.37. The number of aryl methyl sites for hydroxylation is 1. The van der Waals surface area contributed by atoms with E-state index in [1.54, 1.807) is 4.68 Å². The molecule has 0 amide bonds. The predicted molar refractivity (Wildman–Crippen MR) is 61.4 cm³/mol. The van der Waals surface area contributed by atoms with Crippen molar-refractivity contribution in [2.75, 3.05) is 0 Å². The van der Waals surface area contributed by atoms with Crippen LogP contribution in [0.15, 0.2) is 12.4 Å². The third kappa shape index (κ3) is 2.61. The summed E-state index contributed by atoms with van der Waals surface area (Å²) in [5.74, 6) is 0.186. The van der Waals surface area contributed by atoms with Crippen LogP contribution < -0.4 is 5.32 Å². The molecule has 0 radical (unpaired) electrons. The maximum Gasteiger partial charge on any atom is 0.0672 e. The summed E-state index contributed by atoms with van der Waals surface area (Å²) in [5.41, 5.74) is 1.18. The van der Waals surface area contributed by atoms with Gasteiger partial charge >= 0.3 is 0 Å². The van der Waals surface area contributed by atoms with Crippen LogP contribution in [0.5, 0.6) is 0 Å². The van der Waals surface area contributed by atoms with Gasteiger partial charge in [0.25, 0.3) is 0 Å². The first-order valence-corrected chi connectivity index (χ1v) is 5.90. The van der Waals surface area contributed by atoms with Crippen molar-refractivity contribution in [3.05, 3.63) is 18.0 Å². The molecule has 1 aromatic rings. The van der Waals surface area contributed by atoms with Gasteiger partial charge in [-0.2, -0.15) is 10.4 Å². The van der Waals surface area contributed by atoms with Gasteiger partial charge in [0, 0.05) is 31.4 Å². The van der Waals surface area contributed by atoms with Crippen LogP contribution in [0.3, 0.4) is 0 Å². The molecule has 2 atom stereocenters. The van der Waals surface area contributed by atoms with Crippen LogP contribution in [0.4, 0.5) is 0 Å².